The second-order valence-corrected chi connectivity index (χ2v) is 8.42. The molecule has 0 aliphatic carbocycles. The van der Waals surface area contributed by atoms with Crippen LogP contribution in [0.3, 0.4) is 0 Å². The summed E-state index contributed by atoms with van der Waals surface area (Å²) in [5, 5.41) is 8.36. The first-order valence-corrected chi connectivity index (χ1v) is 11.1. The maximum Gasteiger partial charge on any atom is 0.353 e. The Balaban J connectivity index is 1.51. The van der Waals surface area contributed by atoms with Gasteiger partial charge in [-0.1, -0.05) is 48.5 Å². The van der Waals surface area contributed by atoms with Crippen LogP contribution in [0.25, 0.3) is 0 Å². The van der Waals surface area contributed by atoms with Crippen LogP contribution in [0.15, 0.2) is 83.4 Å². The van der Waals surface area contributed by atoms with Crippen molar-refractivity contribution in [1.29, 1.82) is 0 Å². The molecule has 32 heavy (non-hydrogen) atoms. The molecule has 1 aliphatic rings. The molecule has 3 aromatic rings. The minimum Gasteiger partial charge on any atom is -0.457 e. The Morgan fingerprint density at radius 1 is 1.00 bits per heavy atom. The molecule has 0 spiro atoms. The molecule has 0 bridgehead atoms. The Morgan fingerprint density at radius 2 is 1.75 bits per heavy atom. The van der Waals surface area contributed by atoms with E-state index in [2.05, 4.69) is 10.6 Å². The number of thiocarbonyl (C=S) groups is 1. The van der Waals surface area contributed by atoms with Crippen molar-refractivity contribution in [2.24, 2.45) is 0 Å². The first kappa shape index (κ1) is 21.7. The van der Waals surface area contributed by atoms with Crippen molar-refractivity contribution in [3.05, 3.63) is 99.4 Å². The van der Waals surface area contributed by atoms with Crippen LogP contribution in [0.1, 0.15) is 33.8 Å². The highest BCUT2D eigenvalue weighted by atomic mass is 32.1. The SMILES string of the molecule is CC1=C(C(=O)OCc2ccccc2)[C@H](c2ccc(OC(=O)c3cccs3)cc2)NC(=S)N1. The molecular formula is C24H20N2O4S2. The highest BCUT2D eigenvalue weighted by molar-refractivity contribution is 7.80. The molecule has 1 aromatic heterocycles. The molecule has 2 aromatic carbocycles. The number of ether oxygens (including phenoxy) is 2. The van der Waals surface area contributed by atoms with Gasteiger partial charge in [-0.3, -0.25) is 0 Å². The van der Waals surface area contributed by atoms with Crippen molar-refractivity contribution in [2.45, 2.75) is 19.6 Å². The number of hydrogen-bond acceptors (Lipinski definition) is 6. The molecule has 1 atom stereocenters. The number of hydrogen-bond donors (Lipinski definition) is 2. The fourth-order valence-electron chi connectivity index (χ4n) is 3.30. The van der Waals surface area contributed by atoms with Crippen LogP contribution in [0.5, 0.6) is 5.75 Å². The van der Waals surface area contributed by atoms with Crippen LogP contribution in [0, 0.1) is 0 Å². The van der Waals surface area contributed by atoms with Gasteiger partial charge in [0.05, 0.1) is 11.6 Å². The van der Waals surface area contributed by atoms with E-state index in [0.29, 0.717) is 27.0 Å². The van der Waals surface area contributed by atoms with Gasteiger partial charge in [0.15, 0.2) is 5.11 Å². The first-order valence-electron chi connectivity index (χ1n) is 9.86. The number of carbonyl (C=O) groups is 2. The zero-order valence-corrected chi connectivity index (χ0v) is 18.8. The fraction of sp³-hybridized carbons (Fsp3) is 0.125. The van der Waals surface area contributed by atoms with Crippen LogP contribution in [0.4, 0.5) is 0 Å². The summed E-state index contributed by atoms with van der Waals surface area (Å²) in [6.07, 6.45) is 0. The van der Waals surface area contributed by atoms with E-state index in [0.717, 1.165) is 11.1 Å². The second kappa shape index (κ2) is 9.76. The van der Waals surface area contributed by atoms with E-state index >= 15 is 0 Å². The summed E-state index contributed by atoms with van der Waals surface area (Å²) < 4.78 is 11.0. The summed E-state index contributed by atoms with van der Waals surface area (Å²) in [6, 6.07) is 19.5. The maximum atomic E-state index is 12.9. The van der Waals surface area contributed by atoms with E-state index in [-0.39, 0.29) is 6.61 Å². The van der Waals surface area contributed by atoms with Gasteiger partial charge in [-0.25, -0.2) is 9.59 Å². The lowest BCUT2D eigenvalue weighted by atomic mass is 9.95. The fourth-order valence-corrected chi connectivity index (χ4v) is 4.17. The molecule has 8 heteroatoms. The average molecular weight is 465 g/mol. The predicted octanol–water partition coefficient (Wildman–Crippen LogP) is 4.50. The summed E-state index contributed by atoms with van der Waals surface area (Å²) in [6.45, 7) is 1.96. The Labute approximate surface area is 194 Å². The van der Waals surface area contributed by atoms with Crippen molar-refractivity contribution in [3.63, 3.8) is 0 Å². The highest BCUT2D eigenvalue weighted by Gasteiger charge is 2.31. The van der Waals surface area contributed by atoms with Crippen LogP contribution in [-0.4, -0.2) is 17.1 Å². The third kappa shape index (κ3) is 5.04. The number of benzene rings is 2. The lowest BCUT2D eigenvalue weighted by Crippen LogP contribution is -2.45. The van der Waals surface area contributed by atoms with Crippen LogP contribution >= 0.6 is 23.6 Å². The van der Waals surface area contributed by atoms with E-state index in [1.807, 2.05) is 35.7 Å². The molecule has 0 fully saturated rings. The quantitative estimate of drug-likeness (QED) is 0.316. The molecule has 2 heterocycles. The smallest absolute Gasteiger partial charge is 0.353 e. The molecule has 0 saturated heterocycles. The monoisotopic (exact) mass is 464 g/mol. The van der Waals surface area contributed by atoms with Gasteiger partial charge < -0.3 is 20.1 Å². The number of carbonyl (C=O) groups excluding carboxylic acids is 2. The zero-order chi connectivity index (χ0) is 22.5. The largest absolute Gasteiger partial charge is 0.457 e. The molecule has 1 aliphatic heterocycles. The third-order valence-electron chi connectivity index (χ3n) is 4.85. The molecular weight excluding hydrogens is 444 g/mol. The molecule has 0 amide bonds. The lowest BCUT2D eigenvalue weighted by molar-refractivity contribution is -0.140. The predicted molar refractivity (Wildman–Crippen MR) is 126 cm³/mol. The van der Waals surface area contributed by atoms with E-state index in [1.165, 1.54) is 11.3 Å². The number of nitrogens with one attached hydrogen (secondary N) is 2. The van der Waals surface area contributed by atoms with Crippen LogP contribution < -0.4 is 15.4 Å². The first-order chi connectivity index (χ1) is 15.5. The van der Waals surface area contributed by atoms with Crippen molar-refractivity contribution in [2.75, 3.05) is 0 Å². The minimum absolute atomic E-state index is 0.172. The standard InChI is InChI=1S/C24H20N2O4S2/c1-15-20(23(28)29-14-16-6-3-2-4-7-16)21(26-24(31)25-15)17-9-11-18(12-10-17)30-22(27)19-8-5-13-32-19/h2-13,21H,14H2,1H3,(H2,25,26,31)/t21-/m0/s1. The van der Waals surface area contributed by atoms with Gasteiger partial charge in [-0.05, 0) is 53.8 Å². The van der Waals surface area contributed by atoms with Gasteiger partial charge in [0.25, 0.3) is 0 Å². The normalized spacial score (nSPS) is 15.5. The van der Waals surface area contributed by atoms with Crippen molar-refractivity contribution >= 4 is 40.6 Å². The highest BCUT2D eigenvalue weighted by Crippen LogP contribution is 2.29. The maximum absolute atomic E-state index is 12.9. The Hall–Kier alpha value is -3.49. The van der Waals surface area contributed by atoms with Gasteiger partial charge in [-0.15, -0.1) is 11.3 Å². The third-order valence-corrected chi connectivity index (χ3v) is 5.92. The van der Waals surface area contributed by atoms with Crippen molar-refractivity contribution in [1.82, 2.24) is 10.6 Å². The Bertz CT molecular complexity index is 1160. The number of rotatable bonds is 6. The second-order valence-electron chi connectivity index (χ2n) is 7.07. The molecule has 0 unspecified atom stereocenters. The van der Waals surface area contributed by atoms with Gasteiger partial charge in [0, 0.05) is 5.70 Å². The summed E-state index contributed by atoms with van der Waals surface area (Å²) in [5.74, 6) is -0.431. The van der Waals surface area contributed by atoms with Gasteiger partial charge in [-0.2, -0.15) is 0 Å². The van der Waals surface area contributed by atoms with E-state index in [4.69, 9.17) is 21.7 Å². The Morgan fingerprint density at radius 3 is 2.44 bits per heavy atom. The molecule has 0 radical (unpaired) electrons. The summed E-state index contributed by atoms with van der Waals surface area (Å²) in [4.78, 5) is 25.6. The number of esters is 2. The van der Waals surface area contributed by atoms with Gasteiger partial charge >= 0.3 is 11.9 Å². The number of thiophene rings is 1. The molecule has 6 nitrogen and oxygen atoms in total. The van der Waals surface area contributed by atoms with E-state index < -0.39 is 18.0 Å². The van der Waals surface area contributed by atoms with E-state index in [1.54, 1.807) is 43.3 Å². The summed E-state index contributed by atoms with van der Waals surface area (Å²) >= 11 is 6.61. The van der Waals surface area contributed by atoms with Crippen LogP contribution in [-0.2, 0) is 16.1 Å². The van der Waals surface area contributed by atoms with Crippen molar-refractivity contribution in [3.8, 4) is 5.75 Å². The summed E-state index contributed by atoms with van der Waals surface area (Å²) in [7, 11) is 0. The van der Waals surface area contributed by atoms with E-state index in [9.17, 15) is 9.59 Å². The average Bonchev–Trinajstić information content (AvgIpc) is 3.33. The molecule has 162 valence electrons. The number of allylic oxidation sites excluding steroid dienone is 1. The van der Waals surface area contributed by atoms with Crippen molar-refractivity contribution < 1.29 is 19.1 Å². The molecule has 4 rings (SSSR count). The molecule has 0 saturated carbocycles. The minimum atomic E-state index is -0.492. The summed E-state index contributed by atoms with van der Waals surface area (Å²) in [5.41, 5.74) is 2.76. The Kier molecular flexibility index (Phi) is 6.63. The topological polar surface area (TPSA) is 76.7 Å². The van der Waals surface area contributed by atoms with Gasteiger partial charge in [0.2, 0.25) is 0 Å². The molecule has 2 N–H and O–H groups in total. The van der Waals surface area contributed by atoms with Gasteiger partial charge in [0.1, 0.15) is 17.2 Å². The lowest BCUT2D eigenvalue weighted by Gasteiger charge is -2.30. The zero-order valence-electron chi connectivity index (χ0n) is 17.2. The van der Waals surface area contributed by atoms with Crippen LogP contribution in [0.2, 0.25) is 0 Å².